The number of imidazole rings is 1. The number of hydrogen-bond donors (Lipinski definition) is 1. The zero-order valence-corrected chi connectivity index (χ0v) is 11.8. The largest absolute Gasteiger partial charge is 0.383 e. The molecule has 0 aliphatic carbocycles. The van der Waals surface area contributed by atoms with Crippen LogP contribution in [-0.4, -0.2) is 9.38 Å². The summed E-state index contributed by atoms with van der Waals surface area (Å²) in [6.07, 6.45) is 1.84. The molecular weight excluding hydrogens is 309 g/mol. The van der Waals surface area contributed by atoms with E-state index < -0.39 is 0 Å². The zero-order chi connectivity index (χ0) is 13.6. The molecule has 0 saturated heterocycles. The van der Waals surface area contributed by atoms with Gasteiger partial charge in [-0.3, -0.25) is 4.40 Å². The Morgan fingerprint density at radius 1 is 1.26 bits per heavy atom. The Bertz CT molecular complexity index is 780. The number of nitrogens with two attached hydrogens (primary N) is 1. The maximum atomic E-state index is 14.0. The number of nitrogens with zero attached hydrogens (tertiary/aromatic N) is 2. The summed E-state index contributed by atoms with van der Waals surface area (Å²) in [7, 11) is 0. The second-order valence-electron chi connectivity index (χ2n) is 4.40. The van der Waals surface area contributed by atoms with Crippen molar-refractivity contribution in [3.63, 3.8) is 0 Å². The number of nitrogen functional groups attached to an aromatic ring is 1. The summed E-state index contributed by atoms with van der Waals surface area (Å²) in [6, 6.07) is 8.70. The fraction of sp³-hybridized carbons (Fsp3) is 0.0714. The van der Waals surface area contributed by atoms with Gasteiger partial charge in [-0.1, -0.05) is 15.9 Å². The van der Waals surface area contributed by atoms with Crippen molar-refractivity contribution in [1.29, 1.82) is 0 Å². The van der Waals surface area contributed by atoms with Gasteiger partial charge in [-0.15, -0.1) is 0 Å². The molecule has 0 unspecified atom stereocenters. The molecule has 3 nitrogen and oxygen atoms in total. The Morgan fingerprint density at radius 2 is 2.05 bits per heavy atom. The van der Waals surface area contributed by atoms with Gasteiger partial charge in [-0.25, -0.2) is 9.37 Å². The molecule has 3 rings (SSSR count). The van der Waals surface area contributed by atoms with E-state index >= 15 is 0 Å². The molecule has 0 amide bonds. The van der Waals surface area contributed by atoms with Crippen molar-refractivity contribution in [3.8, 4) is 11.3 Å². The Kier molecular flexibility index (Phi) is 2.78. The SMILES string of the molecule is Cc1ccn2c(N)c(-c3ccc(Br)cc3F)nc2c1. The predicted molar refractivity (Wildman–Crippen MR) is 77.4 cm³/mol. The first-order valence-corrected chi connectivity index (χ1v) is 6.55. The Hall–Kier alpha value is -1.88. The summed E-state index contributed by atoms with van der Waals surface area (Å²) in [5.74, 6) is 0.0948. The fourth-order valence-corrected chi connectivity index (χ4v) is 2.38. The quantitative estimate of drug-likeness (QED) is 0.741. The molecule has 3 aromatic rings. The minimum Gasteiger partial charge on any atom is -0.383 e. The van der Waals surface area contributed by atoms with E-state index in [0.717, 1.165) is 11.2 Å². The van der Waals surface area contributed by atoms with Crippen LogP contribution in [0.4, 0.5) is 10.2 Å². The number of fused-ring (bicyclic) bond motifs is 1. The van der Waals surface area contributed by atoms with Crippen LogP contribution in [0.1, 0.15) is 5.56 Å². The number of pyridine rings is 1. The average Bonchev–Trinajstić information content (AvgIpc) is 2.66. The van der Waals surface area contributed by atoms with Gasteiger partial charge in [0.25, 0.3) is 0 Å². The smallest absolute Gasteiger partial charge is 0.139 e. The molecule has 1 aromatic carbocycles. The van der Waals surface area contributed by atoms with E-state index in [1.165, 1.54) is 6.07 Å². The molecule has 0 fully saturated rings. The molecular formula is C14H11BrFN3. The highest BCUT2D eigenvalue weighted by atomic mass is 79.9. The highest BCUT2D eigenvalue weighted by Gasteiger charge is 2.15. The van der Waals surface area contributed by atoms with Crippen LogP contribution in [0.25, 0.3) is 16.9 Å². The maximum Gasteiger partial charge on any atom is 0.139 e. The van der Waals surface area contributed by atoms with Crippen molar-refractivity contribution in [2.45, 2.75) is 6.92 Å². The number of hydrogen-bond acceptors (Lipinski definition) is 2. The van der Waals surface area contributed by atoms with E-state index in [9.17, 15) is 4.39 Å². The summed E-state index contributed by atoms with van der Waals surface area (Å²) in [5.41, 5.74) is 8.72. The second kappa shape index (κ2) is 4.35. The van der Waals surface area contributed by atoms with E-state index in [4.69, 9.17) is 5.73 Å². The Labute approximate surface area is 118 Å². The third-order valence-electron chi connectivity index (χ3n) is 3.00. The van der Waals surface area contributed by atoms with Gasteiger partial charge in [0, 0.05) is 16.2 Å². The van der Waals surface area contributed by atoms with Crippen LogP contribution in [0.3, 0.4) is 0 Å². The van der Waals surface area contributed by atoms with Crippen LogP contribution in [0, 0.1) is 12.7 Å². The van der Waals surface area contributed by atoms with Gasteiger partial charge in [0.1, 0.15) is 23.0 Å². The second-order valence-corrected chi connectivity index (χ2v) is 5.32. The minimum atomic E-state index is -0.346. The molecule has 0 atom stereocenters. The highest BCUT2D eigenvalue weighted by molar-refractivity contribution is 9.10. The zero-order valence-electron chi connectivity index (χ0n) is 10.2. The fourth-order valence-electron chi connectivity index (χ4n) is 2.05. The summed E-state index contributed by atoms with van der Waals surface area (Å²) in [4.78, 5) is 4.42. The lowest BCUT2D eigenvalue weighted by molar-refractivity contribution is 0.630. The van der Waals surface area contributed by atoms with Crippen molar-refractivity contribution >= 4 is 27.4 Å². The molecule has 2 N–H and O–H groups in total. The lowest BCUT2D eigenvalue weighted by atomic mass is 10.1. The topological polar surface area (TPSA) is 43.3 Å². The third-order valence-corrected chi connectivity index (χ3v) is 3.50. The molecule has 0 radical (unpaired) electrons. The molecule has 5 heteroatoms. The Balaban J connectivity index is 2.27. The summed E-state index contributed by atoms with van der Waals surface area (Å²) in [6.45, 7) is 1.98. The van der Waals surface area contributed by atoms with Gasteiger partial charge < -0.3 is 5.73 Å². The predicted octanol–water partition coefficient (Wildman–Crippen LogP) is 3.79. The van der Waals surface area contributed by atoms with E-state index in [2.05, 4.69) is 20.9 Å². The summed E-state index contributed by atoms with van der Waals surface area (Å²) >= 11 is 3.23. The molecule has 2 aromatic heterocycles. The van der Waals surface area contributed by atoms with Crippen molar-refractivity contribution in [3.05, 3.63) is 52.4 Å². The molecule has 0 spiro atoms. The molecule has 0 aliphatic heterocycles. The number of anilines is 1. The van der Waals surface area contributed by atoms with Gasteiger partial charge in [-0.05, 0) is 42.8 Å². The van der Waals surface area contributed by atoms with Gasteiger partial charge in [0.05, 0.1) is 0 Å². The first-order chi connectivity index (χ1) is 9.06. The molecule has 0 bridgehead atoms. The first-order valence-electron chi connectivity index (χ1n) is 5.76. The van der Waals surface area contributed by atoms with Gasteiger partial charge in [0.15, 0.2) is 0 Å². The lowest BCUT2D eigenvalue weighted by Gasteiger charge is -2.02. The number of rotatable bonds is 1. The third kappa shape index (κ3) is 2.00. The van der Waals surface area contributed by atoms with Crippen molar-refractivity contribution in [2.75, 3.05) is 5.73 Å². The minimum absolute atomic E-state index is 0.346. The molecule has 2 heterocycles. The standard InChI is InChI=1S/C14H11BrFN3/c1-8-4-5-19-12(6-8)18-13(14(19)17)10-3-2-9(15)7-11(10)16/h2-7H,17H2,1H3. The van der Waals surface area contributed by atoms with Crippen LogP contribution in [0.15, 0.2) is 41.0 Å². The number of aromatic nitrogens is 2. The van der Waals surface area contributed by atoms with Crippen LogP contribution in [0.5, 0.6) is 0 Å². The Morgan fingerprint density at radius 3 is 2.79 bits per heavy atom. The molecule has 0 saturated carbocycles. The monoisotopic (exact) mass is 319 g/mol. The van der Waals surface area contributed by atoms with Gasteiger partial charge >= 0.3 is 0 Å². The summed E-state index contributed by atoms with van der Waals surface area (Å²) in [5, 5.41) is 0. The lowest BCUT2D eigenvalue weighted by Crippen LogP contribution is -1.95. The molecule has 0 aliphatic rings. The maximum absolute atomic E-state index is 14.0. The number of halogens is 2. The van der Waals surface area contributed by atoms with Crippen molar-refractivity contribution < 1.29 is 4.39 Å². The highest BCUT2D eigenvalue weighted by Crippen LogP contribution is 2.30. The van der Waals surface area contributed by atoms with Crippen LogP contribution in [0.2, 0.25) is 0 Å². The first kappa shape index (κ1) is 12.2. The van der Waals surface area contributed by atoms with Crippen molar-refractivity contribution in [1.82, 2.24) is 9.38 Å². The summed E-state index contributed by atoms with van der Waals surface area (Å²) < 4.78 is 16.4. The normalized spacial score (nSPS) is 11.1. The van der Waals surface area contributed by atoms with Crippen LogP contribution in [-0.2, 0) is 0 Å². The number of benzene rings is 1. The number of aryl methyl sites for hydroxylation is 1. The molecule has 96 valence electrons. The average molecular weight is 320 g/mol. The van der Waals surface area contributed by atoms with Gasteiger partial charge in [-0.2, -0.15) is 0 Å². The molecule has 19 heavy (non-hydrogen) atoms. The van der Waals surface area contributed by atoms with Gasteiger partial charge in [0.2, 0.25) is 0 Å². The van der Waals surface area contributed by atoms with E-state index in [1.807, 2.05) is 25.3 Å². The van der Waals surface area contributed by atoms with E-state index in [1.54, 1.807) is 16.5 Å². The van der Waals surface area contributed by atoms with E-state index in [-0.39, 0.29) is 5.82 Å². The van der Waals surface area contributed by atoms with E-state index in [0.29, 0.717) is 21.5 Å². The van der Waals surface area contributed by atoms with Crippen LogP contribution >= 0.6 is 15.9 Å². The van der Waals surface area contributed by atoms with Crippen molar-refractivity contribution in [2.24, 2.45) is 0 Å². The van der Waals surface area contributed by atoms with Crippen LogP contribution < -0.4 is 5.73 Å².